The molecule has 1 aromatic heterocycles. The molecule has 2 aromatic rings. The molecule has 1 aliphatic rings. The van der Waals surface area contributed by atoms with Gasteiger partial charge in [-0.15, -0.1) is 0 Å². The fourth-order valence-electron chi connectivity index (χ4n) is 2.62. The third-order valence-electron chi connectivity index (χ3n) is 3.67. The molecule has 5 nitrogen and oxygen atoms in total. The lowest BCUT2D eigenvalue weighted by Gasteiger charge is -2.14. The molecule has 0 fully saturated rings. The highest BCUT2D eigenvalue weighted by atomic mass is 16.2. The zero-order valence-corrected chi connectivity index (χ0v) is 11.6. The number of pyridine rings is 1. The van der Waals surface area contributed by atoms with Gasteiger partial charge in [0, 0.05) is 17.8 Å². The van der Waals surface area contributed by atoms with Crippen molar-refractivity contribution in [2.45, 2.75) is 13.3 Å². The van der Waals surface area contributed by atoms with Gasteiger partial charge in [-0.1, -0.05) is 6.07 Å². The molecule has 104 valence electrons. The summed E-state index contributed by atoms with van der Waals surface area (Å²) in [6.07, 6.45) is 0.419. The van der Waals surface area contributed by atoms with Crippen LogP contribution in [0.5, 0.6) is 0 Å². The molecule has 0 bridgehead atoms. The molecule has 1 amide bonds. The maximum Gasteiger partial charge on any atom is 0.231 e. The van der Waals surface area contributed by atoms with Crippen LogP contribution in [-0.2, 0) is 11.2 Å². The second kappa shape index (κ2) is 4.91. The van der Waals surface area contributed by atoms with E-state index in [1.807, 2.05) is 31.2 Å². The molecule has 0 saturated heterocycles. The molecule has 2 heterocycles. The standard InChI is InChI=1S/C16H14N4O/c1-2-20-14-6-4-10(7-12(14)8-15(20)21)13-5-3-11(9-17)16(18)19-13/h3-7H,2,8H2,1H3,(H2,18,19). The van der Waals surface area contributed by atoms with E-state index in [0.717, 1.165) is 16.8 Å². The van der Waals surface area contributed by atoms with Gasteiger partial charge in [-0.05, 0) is 36.8 Å². The van der Waals surface area contributed by atoms with Gasteiger partial charge in [-0.25, -0.2) is 4.98 Å². The summed E-state index contributed by atoms with van der Waals surface area (Å²) in [5, 5.41) is 8.88. The van der Waals surface area contributed by atoms with Crippen LogP contribution in [0.1, 0.15) is 18.1 Å². The smallest absolute Gasteiger partial charge is 0.231 e. The van der Waals surface area contributed by atoms with Crippen molar-refractivity contribution in [3.8, 4) is 17.3 Å². The molecule has 0 radical (unpaired) electrons. The van der Waals surface area contributed by atoms with E-state index in [4.69, 9.17) is 11.0 Å². The summed E-state index contributed by atoms with van der Waals surface area (Å²) in [6.45, 7) is 2.64. The number of nitrogens with zero attached hydrogens (tertiary/aromatic N) is 3. The molecular formula is C16H14N4O. The fraction of sp³-hybridized carbons (Fsp3) is 0.188. The van der Waals surface area contributed by atoms with Crippen LogP contribution >= 0.6 is 0 Å². The highest BCUT2D eigenvalue weighted by Crippen LogP contribution is 2.32. The predicted octanol–water partition coefficient (Wildman–Crippen LogP) is 2.11. The third-order valence-corrected chi connectivity index (χ3v) is 3.67. The largest absolute Gasteiger partial charge is 0.383 e. The van der Waals surface area contributed by atoms with E-state index >= 15 is 0 Å². The zero-order chi connectivity index (χ0) is 15.0. The van der Waals surface area contributed by atoms with E-state index in [9.17, 15) is 4.79 Å². The van der Waals surface area contributed by atoms with Crippen LogP contribution in [-0.4, -0.2) is 17.4 Å². The minimum Gasteiger partial charge on any atom is -0.383 e. The molecule has 3 rings (SSSR count). The first-order valence-electron chi connectivity index (χ1n) is 6.74. The van der Waals surface area contributed by atoms with E-state index in [1.54, 1.807) is 17.0 Å². The minimum atomic E-state index is 0.122. The highest BCUT2D eigenvalue weighted by Gasteiger charge is 2.26. The van der Waals surface area contributed by atoms with Gasteiger partial charge in [0.2, 0.25) is 5.91 Å². The first kappa shape index (κ1) is 13.1. The molecule has 0 saturated carbocycles. The summed E-state index contributed by atoms with van der Waals surface area (Å²) in [5.41, 5.74) is 9.69. The minimum absolute atomic E-state index is 0.122. The van der Waals surface area contributed by atoms with Gasteiger partial charge in [0.05, 0.1) is 17.7 Å². The number of fused-ring (bicyclic) bond motifs is 1. The number of aromatic nitrogens is 1. The maximum absolute atomic E-state index is 11.9. The van der Waals surface area contributed by atoms with Gasteiger partial charge in [-0.2, -0.15) is 5.26 Å². The number of benzene rings is 1. The van der Waals surface area contributed by atoms with Crippen LogP contribution in [0.25, 0.3) is 11.3 Å². The van der Waals surface area contributed by atoms with Crippen molar-refractivity contribution in [1.82, 2.24) is 4.98 Å². The van der Waals surface area contributed by atoms with Crippen molar-refractivity contribution in [1.29, 1.82) is 5.26 Å². The Hall–Kier alpha value is -2.87. The van der Waals surface area contributed by atoms with Crippen molar-refractivity contribution in [3.63, 3.8) is 0 Å². The summed E-state index contributed by atoms with van der Waals surface area (Å²) in [4.78, 5) is 17.9. The Bertz CT molecular complexity index is 776. The van der Waals surface area contributed by atoms with E-state index in [1.165, 1.54) is 0 Å². The number of nitriles is 1. The number of amides is 1. The molecule has 0 atom stereocenters. The Balaban J connectivity index is 2.03. The van der Waals surface area contributed by atoms with Crippen LogP contribution in [0.4, 0.5) is 11.5 Å². The Morgan fingerprint density at radius 3 is 2.86 bits per heavy atom. The third kappa shape index (κ3) is 2.11. The number of carbonyl (C=O) groups is 1. The lowest BCUT2D eigenvalue weighted by Crippen LogP contribution is -2.25. The summed E-state index contributed by atoms with van der Waals surface area (Å²) in [7, 11) is 0. The van der Waals surface area contributed by atoms with Crippen molar-refractivity contribution < 1.29 is 4.79 Å². The van der Waals surface area contributed by atoms with Crippen molar-refractivity contribution >= 4 is 17.4 Å². The molecular weight excluding hydrogens is 264 g/mol. The number of hydrogen-bond donors (Lipinski definition) is 1. The topological polar surface area (TPSA) is 83.0 Å². The van der Waals surface area contributed by atoms with Gasteiger partial charge in [-0.3, -0.25) is 4.79 Å². The van der Waals surface area contributed by atoms with E-state index < -0.39 is 0 Å². The first-order valence-corrected chi connectivity index (χ1v) is 6.74. The van der Waals surface area contributed by atoms with Crippen LogP contribution in [0.15, 0.2) is 30.3 Å². The number of nitrogens with two attached hydrogens (primary N) is 1. The summed E-state index contributed by atoms with van der Waals surface area (Å²) in [6, 6.07) is 11.3. The van der Waals surface area contributed by atoms with Gasteiger partial charge in [0.15, 0.2) is 0 Å². The second-order valence-electron chi connectivity index (χ2n) is 4.90. The van der Waals surface area contributed by atoms with Crippen LogP contribution in [0.3, 0.4) is 0 Å². The average Bonchev–Trinajstić information content (AvgIpc) is 2.81. The van der Waals surface area contributed by atoms with Crippen LogP contribution < -0.4 is 10.6 Å². The summed E-state index contributed by atoms with van der Waals surface area (Å²) in [5.74, 6) is 0.346. The Kier molecular flexibility index (Phi) is 3.07. The SMILES string of the molecule is CCN1C(=O)Cc2cc(-c3ccc(C#N)c(N)n3)ccc21. The van der Waals surface area contributed by atoms with Crippen LogP contribution in [0.2, 0.25) is 0 Å². The Morgan fingerprint density at radius 2 is 2.19 bits per heavy atom. The van der Waals surface area contributed by atoms with E-state index in [-0.39, 0.29) is 11.7 Å². The van der Waals surface area contributed by atoms with Gasteiger partial charge < -0.3 is 10.6 Å². The summed E-state index contributed by atoms with van der Waals surface area (Å²) >= 11 is 0. The number of hydrogen-bond acceptors (Lipinski definition) is 4. The molecule has 2 N–H and O–H groups in total. The lowest BCUT2D eigenvalue weighted by atomic mass is 10.0. The second-order valence-corrected chi connectivity index (χ2v) is 4.90. The van der Waals surface area contributed by atoms with Gasteiger partial charge >= 0.3 is 0 Å². The predicted molar refractivity (Wildman–Crippen MR) is 80.5 cm³/mol. The van der Waals surface area contributed by atoms with Gasteiger partial charge in [0.1, 0.15) is 11.9 Å². The molecule has 21 heavy (non-hydrogen) atoms. The van der Waals surface area contributed by atoms with Crippen LogP contribution in [0, 0.1) is 11.3 Å². The Morgan fingerprint density at radius 1 is 1.38 bits per heavy atom. The average molecular weight is 278 g/mol. The molecule has 5 heteroatoms. The molecule has 0 unspecified atom stereocenters. The number of likely N-dealkylation sites (N-methyl/N-ethyl adjacent to an activating group) is 1. The summed E-state index contributed by atoms with van der Waals surface area (Å²) < 4.78 is 0. The highest BCUT2D eigenvalue weighted by molar-refractivity contribution is 6.01. The molecule has 1 aromatic carbocycles. The number of carbonyl (C=O) groups excluding carboxylic acids is 1. The monoisotopic (exact) mass is 278 g/mol. The van der Waals surface area contributed by atoms with E-state index in [0.29, 0.717) is 24.2 Å². The first-order chi connectivity index (χ1) is 10.1. The number of rotatable bonds is 2. The van der Waals surface area contributed by atoms with E-state index in [2.05, 4.69) is 4.98 Å². The number of anilines is 2. The fourth-order valence-corrected chi connectivity index (χ4v) is 2.62. The van der Waals surface area contributed by atoms with Crippen molar-refractivity contribution in [3.05, 3.63) is 41.5 Å². The Labute approximate surface area is 122 Å². The molecule has 0 aliphatic carbocycles. The van der Waals surface area contributed by atoms with Crippen molar-refractivity contribution in [2.75, 3.05) is 17.2 Å². The number of nitrogen functional groups attached to an aromatic ring is 1. The lowest BCUT2D eigenvalue weighted by molar-refractivity contribution is -0.117. The van der Waals surface area contributed by atoms with Crippen molar-refractivity contribution in [2.24, 2.45) is 0 Å². The molecule has 0 spiro atoms. The van der Waals surface area contributed by atoms with Gasteiger partial charge in [0.25, 0.3) is 0 Å². The molecule has 1 aliphatic heterocycles. The zero-order valence-electron chi connectivity index (χ0n) is 11.6. The normalized spacial score (nSPS) is 13.1. The quantitative estimate of drug-likeness (QED) is 0.912. The maximum atomic E-state index is 11.9.